The van der Waals surface area contributed by atoms with Crippen molar-refractivity contribution in [2.24, 2.45) is 0 Å². The van der Waals surface area contributed by atoms with Crippen molar-refractivity contribution in [2.75, 3.05) is 6.61 Å². The van der Waals surface area contributed by atoms with Crippen LogP contribution in [0.25, 0.3) is 0 Å². The summed E-state index contributed by atoms with van der Waals surface area (Å²) in [4.78, 5) is 23.9. The molecule has 0 amide bonds. The van der Waals surface area contributed by atoms with E-state index in [1.165, 1.54) is 22.8 Å². The lowest BCUT2D eigenvalue weighted by Gasteiger charge is -2.22. The first-order valence-electron chi connectivity index (χ1n) is 8.38. The number of nitrogens with one attached hydrogen (secondary N) is 1. The van der Waals surface area contributed by atoms with E-state index in [0.29, 0.717) is 24.2 Å². The number of hydrogen-bond donors (Lipinski definition) is 2. The van der Waals surface area contributed by atoms with Crippen LogP contribution in [-0.4, -0.2) is 27.2 Å². The third-order valence-corrected chi connectivity index (χ3v) is 6.03. The largest absolute Gasteiger partial charge is 0.619 e. The van der Waals surface area contributed by atoms with Gasteiger partial charge >= 0.3 is 8.17 Å². The Hall–Kier alpha value is -1.75. The molecule has 1 saturated heterocycles. The molecule has 3 atom stereocenters. The fourth-order valence-electron chi connectivity index (χ4n) is 2.98. The van der Waals surface area contributed by atoms with E-state index in [-0.39, 0.29) is 18.0 Å². The number of aromatic nitrogens is 2. The van der Waals surface area contributed by atoms with Crippen molar-refractivity contribution < 1.29 is 32.0 Å². The minimum absolute atomic E-state index is 0.0313. The summed E-state index contributed by atoms with van der Waals surface area (Å²) >= 11 is 5.03. The Balaban J connectivity index is 1.38. The van der Waals surface area contributed by atoms with Crippen molar-refractivity contribution in [3.05, 3.63) is 56.7 Å². The second-order valence-corrected chi connectivity index (χ2v) is 8.34. The molecule has 2 aromatic rings. The van der Waals surface area contributed by atoms with Gasteiger partial charge in [0.2, 0.25) is 5.82 Å². The number of rotatable bonds is 4. The number of ether oxygens (including phenoxy) is 1. The molecule has 4 rings (SSSR count). The lowest BCUT2D eigenvalue weighted by Crippen LogP contribution is -2.23. The Labute approximate surface area is 163 Å². The molecule has 0 saturated carbocycles. The Kier molecular flexibility index (Phi) is 5.30. The monoisotopic (exact) mass is 433 g/mol. The topological polar surface area (TPSA) is 94.9 Å². The van der Waals surface area contributed by atoms with Crippen LogP contribution in [0.5, 0.6) is 5.75 Å². The van der Waals surface area contributed by atoms with E-state index in [0.717, 1.165) is 6.20 Å². The lowest BCUT2D eigenvalue weighted by molar-refractivity contribution is -0.0297. The molecule has 1 aromatic carbocycles. The molecule has 12 heteroatoms. The number of fused-ring (bicyclic) bond motifs is 1. The van der Waals surface area contributed by atoms with Gasteiger partial charge in [-0.05, 0) is 43.3 Å². The predicted molar refractivity (Wildman–Crippen MR) is 95.9 cm³/mol. The Morgan fingerprint density at radius 1 is 1.39 bits per heavy atom. The molecule has 2 aliphatic heterocycles. The summed E-state index contributed by atoms with van der Waals surface area (Å²) in [6, 6.07) is 3.87. The maximum absolute atomic E-state index is 13.5. The fraction of sp³-hybridized carbons (Fsp3) is 0.375. The molecule has 8 nitrogen and oxygen atoms in total. The van der Waals surface area contributed by atoms with Crippen LogP contribution in [0.4, 0.5) is 8.78 Å². The molecule has 2 aliphatic rings. The quantitative estimate of drug-likeness (QED) is 0.565. The molecule has 0 aliphatic carbocycles. The minimum Gasteiger partial charge on any atom is -0.352 e. The van der Waals surface area contributed by atoms with E-state index in [1.807, 2.05) is 0 Å². The van der Waals surface area contributed by atoms with Crippen LogP contribution in [0.3, 0.4) is 0 Å². The van der Waals surface area contributed by atoms with Crippen LogP contribution < -0.4 is 10.1 Å². The van der Waals surface area contributed by atoms with Gasteiger partial charge < -0.3 is 4.74 Å². The van der Waals surface area contributed by atoms with Crippen LogP contribution in [0.2, 0.25) is 0 Å². The molecule has 150 valence electrons. The van der Waals surface area contributed by atoms with E-state index in [2.05, 4.69) is 4.98 Å². The zero-order valence-corrected chi connectivity index (χ0v) is 16.1. The normalized spacial score (nSPS) is 26.7. The highest BCUT2D eigenvalue weighted by atomic mass is 32.1. The van der Waals surface area contributed by atoms with Gasteiger partial charge in [-0.3, -0.25) is 18.9 Å². The van der Waals surface area contributed by atoms with Gasteiger partial charge in [0.05, 0.1) is 12.3 Å². The van der Waals surface area contributed by atoms with Gasteiger partial charge in [-0.1, -0.05) is 0 Å². The maximum atomic E-state index is 13.5. The highest BCUT2D eigenvalue weighted by Crippen LogP contribution is 2.61. The molecule has 1 fully saturated rings. The highest BCUT2D eigenvalue weighted by Gasteiger charge is 2.51. The Morgan fingerprint density at radius 3 is 3.04 bits per heavy atom. The summed E-state index contributed by atoms with van der Waals surface area (Å²) < 4.78 is 50.0. The molecule has 0 bridgehead atoms. The minimum atomic E-state index is -3.62. The zero-order valence-electron chi connectivity index (χ0n) is 14.3. The number of H-pyrrole nitrogens is 1. The van der Waals surface area contributed by atoms with E-state index >= 15 is 0 Å². The Bertz CT molecular complexity index is 1020. The lowest BCUT2D eigenvalue weighted by atomic mass is 10.2. The van der Waals surface area contributed by atoms with Crippen molar-refractivity contribution in [2.45, 2.75) is 31.8 Å². The van der Waals surface area contributed by atoms with Gasteiger partial charge in [0.15, 0.2) is 10.5 Å². The highest BCUT2D eigenvalue weighted by molar-refractivity contribution is 7.71. The van der Waals surface area contributed by atoms with Crippen LogP contribution in [0.1, 0.15) is 24.6 Å². The van der Waals surface area contributed by atoms with Gasteiger partial charge in [0, 0.05) is 5.56 Å². The molecule has 28 heavy (non-hydrogen) atoms. The summed E-state index contributed by atoms with van der Waals surface area (Å²) in [5.74, 6) is -1.10. The van der Waals surface area contributed by atoms with Gasteiger partial charge in [-0.25, -0.2) is 4.39 Å². The number of aromatic amines is 1. The number of hydrogen-bond acceptors (Lipinski definition) is 7. The molecule has 0 radical (unpaired) electrons. The molecule has 3 unspecified atom stereocenters. The predicted octanol–water partition coefficient (Wildman–Crippen LogP) is 3.16. The maximum Gasteiger partial charge on any atom is 0.619 e. The third-order valence-electron chi connectivity index (χ3n) is 4.36. The van der Waals surface area contributed by atoms with Crippen molar-refractivity contribution in [1.82, 2.24) is 9.55 Å². The van der Waals surface area contributed by atoms with E-state index in [1.54, 1.807) is 0 Å². The molecular weight excluding hydrogens is 417 g/mol. The summed E-state index contributed by atoms with van der Waals surface area (Å²) in [5.41, 5.74) is -0.419. The van der Waals surface area contributed by atoms with Gasteiger partial charge in [-0.2, -0.15) is 9.28 Å². The third kappa shape index (κ3) is 4.00. The summed E-state index contributed by atoms with van der Waals surface area (Å²) in [5, 5.41) is 0. The van der Waals surface area contributed by atoms with Crippen LogP contribution in [-0.2, 0) is 20.4 Å². The second-order valence-electron chi connectivity index (χ2n) is 6.31. The van der Waals surface area contributed by atoms with Crippen molar-refractivity contribution in [1.29, 1.82) is 0 Å². The molecule has 0 spiro atoms. The van der Waals surface area contributed by atoms with Gasteiger partial charge in [-0.15, -0.1) is 9.05 Å². The molecule has 2 N–H and O–H groups in total. The number of halogens is 2. The van der Waals surface area contributed by atoms with Gasteiger partial charge in [0.25, 0.3) is 5.56 Å². The molecule has 1 aromatic heterocycles. The zero-order chi connectivity index (χ0) is 19.9. The van der Waals surface area contributed by atoms with E-state index in [4.69, 9.17) is 30.5 Å². The number of benzene rings is 1. The van der Waals surface area contributed by atoms with E-state index < -0.39 is 37.7 Å². The van der Waals surface area contributed by atoms with Crippen LogP contribution >= 0.6 is 20.4 Å². The first-order valence-corrected chi connectivity index (χ1v) is 10.3. The smallest absolute Gasteiger partial charge is 0.352 e. The average Bonchev–Trinajstić information content (AvgIpc) is 3.12. The second kappa shape index (κ2) is 7.58. The first-order chi connectivity index (χ1) is 13.3. The van der Waals surface area contributed by atoms with Gasteiger partial charge in [0.1, 0.15) is 25.3 Å². The molecular formula is C16H16F2N2O6PS+. The summed E-state index contributed by atoms with van der Waals surface area (Å²) in [7, 11) is -3.62. The SMILES string of the molecule is O=c1[nH]c(=S)n(C2CCC(CO[P+]3(O)OCc4cc(F)ccc4O3)O2)cc1F. The summed E-state index contributed by atoms with van der Waals surface area (Å²) in [6.45, 7) is -0.0756. The van der Waals surface area contributed by atoms with Crippen LogP contribution in [0, 0.1) is 16.4 Å². The van der Waals surface area contributed by atoms with E-state index in [9.17, 15) is 18.5 Å². The molecule has 3 heterocycles. The average molecular weight is 433 g/mol. The summed E-state index contributed by atoms with van der Waals surface area (Å²) in [6.07, 6.45) is 1.06. The van der Waals surface area contributed by atoms with Crippen LogP contribution in [0.15, 0.2) is 29.2 Å². The standard InChI is InChI=1S/C16H15F2N2O6PS/c17-10-1-3-13-9(5-10)7-23-27(22,26-13)24-8-11-2-4-14(25-11)20-6-12(18)15(21)19-16(20)28/h1,3,5-6,11,14,22H,2,4,7-8H2/p+1. The van der Waals surface area contributed by atoms with Crippen molar-refractivity contribution >= 4 is 20.4 Å². The van der Waals surface area contributed by atoms with Crippen molar-refractivity contribution in [3.63, 3.8) is 0 Å². The fourth-order valence-corrected chi connectivity index (χ4v) is 4.51. The van der Waals surface area contributed by atoms with Crippen molar-refractivity contribution in [3.8, 4) is 5.75 Å². The Morgan fingerprint density at radius 2 is 2.21 bits per heavy atom. The number of nitrogens with zero attached hydrogens (tertiary/aromatic N) is 1. The first kappa shape index (κ1) is 19.6.